The van der Waals surface area contributed by atoms with Gasteiger partial charge in [0.05, 0.1) is 5.56 Å². The molecule has 0 aliphatic rings. The van der Waals surface area contributed by atoms with Gasteiger partial charge in [-0.2, -0.15) is 0 Å². The van der Waals surface area contributed by atoms with Gasteiger partial charge in [-0.1, -0.05) is 13.8 Å². The van der Waals surface area contributed by atoms with Crippen molar-refractivity contribution in [3.8, 4) is 11.5 Å². The van der Waals surface area contributed by atoms with E-state index < -0.39 is 0 Å². The van der Waals surface area contributed by atoms with Crippen LogP contribution in [0.15, 0.2) is 27.1 Å². The second-order valence-electron chi connectivity index (χ2n) is 4.84. The minimum Gasteiger partial charge on any atom is -0.421 e. The summed E-state index contributed by atoms with van der Waals surface area (Å²) < 4.78 is 19.2. The van der Waals surface area contributed by atoms with Gasteiger partial charge in [-0.05, 0) is 47.1 Å². The van der Waals surface area contributed by atoms with Crippen molar-refractivity contribution in [2.24, 2.45) is 0 Å². The van der Waals surface area contributed by atoms with Gasteiger partial charge in [0, 0.05) is 16.9 Å². The number of nitrogens with one attached hydrogen (secondary N) is 1. The number of rotatable bonds is 6. The Hall–Kier alpha value is -1.27. The van der Waals surface area contributed by atoms with E-state index in [-0.39, 0.29) is 5.82 Å². The van der Waals surface area contributed by atoms with Crippen LogP contribution in [0.5, 0.6) is 0 Å². The van der Waals surface area contributed by atoms with Crippen molar-refractivity contribution in [1.82, 2.24) is 15.5 Å². The summed E-state index contributed by atoms with van der Waals surface area (Å²) in [5, 5.41) is 11.3. The largest absolute Gasteiger partial charge is 0.421 e. The van der Waals surface area contributed by atoms with Gasteiger partial charge in [-0.3, -0.25) is 0 Å². The molecule has 1 heterocycles. The summed E-state index contributed by atoms with van der Waals surface area (Å²) in [5.41, 5.74) is 0.699. The van der Waals surface area contributed by atoms with Crippen molar-refractivity contribution >= 4 is 15.9 Å². The molecule has 0 saturated carbocycles. The third-order valence-corrected chi connectivity index (χ3v) is 3.40. The Bertz CT molecular complexity index is 571. The van der Waals surface area contributed by atoms with Crippen molar-refractivity contribution in [2.45, 2.75) is 32.7 Å². The van der Waals surface area contributed by atoms with Crippen LogP contribution >= 0.6 is 15.9 Å². The lowest BCUT2D eigenvalue weighted by Gasteiger charge is -2.05. The summed E-state index contributed by atoms with van der Waals surface area (Å²) in [6.07, 6.45) is 1.66. The summed E-state index contributed by atoms with van der Waals surface area (Å²) in [6.45, 7) is 5.13. The Kier molecular flexibility index (Phi) is 5.25. The van der Waals surface area contributed by atoms with Gasteiger partial charge in [0.2, 0.25) is 11.8 Å². The fraction of sp³-hybridized carbons (Fsp3) is 0.429. The highest BCUT2D eigenvalue weighted by molar-refractivity contribution is 9.10. The minimum atomic E-state index is -0.305. The molecular formula is C14H17BrFN3O. The molecule has 108 valence electrons. The van der Waals surface area contributed by atoms with Crippen LogP contribution in [0.3, 0.4) is 0 Å². The maximum Gasteiger partial charge on any atom is 0.248 e. The molecular weight excluding hydrogens is 325 g/mol. The molecule has 0 spiro atoms. The van der Waals surface area contributed by atoms with E-state index >= 15 is 0 Å². The van der Waals surface area contributed by atoms with Crippen LogP contribution in [0.4, 0.5) is 4.39 Å². The van der Waals surface area contributed by atoms with E-state index in [1.165, 1.54) is 12.1 Å². The quantitative estimate of drug-likeness (QED) is 0.816. The topological polar surface area (TPSA) is 51.0 Å². The average molecular weight is 342 g/mol. The molecule has 0 saturated heterocycles. The molecule has 20 heavy (non-hydrogen) atoms. The Balaban J connectivity index is 1.98. The number of halogens is 2. The van der Waals surface area contributed by atoms with E-state index in [1.54, 1.807) is 6.07 Å². The molecule has 2 rings (SSSR count). The summed E-state index contributed by atoms with van der Waals surface area (Å²) >= 11 is 3.30. The van der Waals surface area contributed by atoms with Gasteiger partial charge >= 0.3 is 0 Å². The fourth-order valence-electron chi connectivity index (χ4n) is 1.76. The zero-order valence-electron chi connectivity index (χ0n) is 11.5. The van der Waals surface area contributed by atoms with Crippen molar-refractivity contribution in [3.05, 3.63) is 34.4 Å². The molecule has 1 N–H and O–H groups in total. The minimum absolute atomic E-state index is 0.305. The highest BCUT2D eigenvalue weighted by Gasteiger charge is 2.12. The second-order valence-corrected chi connectivity index (χ2v) is 5.69. The zero-order valence-corrected chi connectivity index (χ0v) is 13.1. The van der Waals surface area contributed by atoms with E-state index in [9.17, 15) is 4.39 Å². The standard InChI is InChI=1S/C14H17BrFN3O/c1-9(2)17-7-3-4-13-18-19-14(20-13)11-6-5-10(16)8-12(11)15/h5-6,8-9,17H,3-4,7H2,1-2H3. The summed E-state index contributed by atoms with van der Waals surface area (Å²) in [6, 6.07) is 4.85. The molecule has 0 bridgehead atoms. The van der Waals surface area contributed by atoms with E-state index in [0.29, 0.717) is 27.9 Å². The number of nitrogens with zero attached hydrogens (tertiary/aromatic N) is 2. The van der Waals surface area contributed by atoms with Crippen LogP contribution in [-0.4, -0.2) is 22.8 Å². The van der Waals surface area contributed by atoms with Gasteiger partial charge in [0.1, 0.15) is 5.82 Å². The predicted octanol–water partition coefficient (Wildman–Crippen LogP) is 3.57. The van der Waals surface area contributed by atoms with E-state index in [4.69, 9.17) is 4.42 Å². The molecule has 0 atom stereocenters. The highest BCUT2D eigenvalue weighted by atomic mass is 79.9. The molecule has 4 nitrogen and oxygen atoms in total. The van der Waals surface area contributed by atoms with E-state index in [1.807, 2.05) is 0 Å². The molecule has 0 aliphatic heterocycles. The lowest BCUT2D eigenvalue weighted by molar-refractivity contribution is 0.484. The molecule has 6 heteroatoms. The van der Waals surface area contributed by atoms with Crippen molar-refractivity contribution in [3.63, 3.8) is 0 Å². The van der Waals surface area contributed by atoms with Gasteiger partial charge in [-0.15, -0.1) is 10.2 Å². The van der Waals surface area contributed by atoms with Gasteiger partial charge in [0.15, 0.2) is 0 Å². The van der Waals surface area contributed by atoms with Gasteiger partial charge in [0.25, 0.3) is 0 Å². The first-order valence-electron chi connectivity index (χ1n) is 6.57. The van der Waals surface area contributed by atoms with Gasteiger partial charge in [-0.25, -0.2) is 4.39 Å². The number of hydrogen-bond donors (Lipinski definition) is 1. The summed E-state index contributed by atoms with van der Waals surface area (Å²) in [5.74, 6) is 0.700. The fourth-order valence-corrected chi connectivity index (χ4v) is 2.28. The van der Waals surface area contributed by atoms with Crippen LogP contribution in [0.1, 0.15) is 26.2 Å². The maximum absolute atomic E-state index is 13.0. The first kappa shape index (κ1) is 15.1. The first-order chi connectivity index (χ1) is 9.56. The highest BCUT2D eigenvalue weighted by Crippen LogP contribution is 2.27. The molecule has 2 aromatic rings. The smallest absolute Gasteiger partial charge is 0.248 e. The number of aryl methyl sites for hydroxylation is 1. The van der Waals surface area contributed by atoms with Crippen LogP contribution in [-0.2, 0) is 6.42 Å². The molecule has 0 aliphatic carbocycles. The molecule has 0 unspecified atom stereocenters. The van der Waals surface area contributed by atoms with Crippen LogP contribution < -0.4 is 5.32 Å². The molecule has 1 aromatic heterocycles. The Morgan fingerprint density at radius 3 is 2.85 bits per heavy atom. The van der Waals surface area contributed by atoms with E-state index in [0.717, 1.165) is 19.4 Å². The molecule has 1 aromatic carbocycles. The van der Waals surface area contributed by atoms with Gasteiger partial charge < -0.3 is 9.73 Å². The van der Waals surface area contributed by atoms with Crippen molar-refractivity contribution in [2.75, 3.05) is 6.54 Å². The summed E-state index contributed by atoms with van der Waals surface area (Å²) in [4.78, 5) is 0. The third kappa shape index (κ3) is 4.11. The predicted molar refractivity (Wildman–Crippen MR) is 78.9 cm³/mol. The Labute approximate surface area is 125 Å². The molecule has 0 fully saturated rings. The normalized spacial score (nSPS) is 11.2. The zero-order chi connectivity index (χ0) is 14.5. The SMILES string of the molecule is CC(C)NCCCc1nnc(-c2ccc(F)cc2Br)o1. The van der Waals surface area contributed by atoms with Crippen molar-refractivity contribution < 1.29 is 8.81 Å². The lowest BCUT2D eigenvalue weighted by atomic mass is 10.2. The number of aromatic nitrogens is 2. The summed E-state index contributed by atoms with van der Waals surface area (Å²) in [7, 11) is 0. The van der Waals surface area contributed by atoms with Crippen LogP contribution in [0.25, 0.3) is 11.5 Å². The first-order valence-corrected chi connectivity index (χ1v) is 7.36. The van der Waals surface area contributed by atoms with Crippen molar-refractivity contribution in [1.29, 1.82) is 0 Å². The Morgan fingerprint density at radius 1 is 1.35 bits per heavy atom. The van der Waals surface area contributed by atoms with Crippen LogP contribution in [0, 0.1) is 5.82 Å². The number of hydrogen-bond acceptors (Lipinski definition) is 4. The second kappa shape index (κ2) is 6.95. The molecule has 0 amide bonds. The third-order valence-electron chi connectivity index (χ3n) is 2.75. The number of benzene rings is 1. The van der Waals surface area contributed by atoms with Crippen LogP contribution in [0.2, 0.25) is 0 Å². The maximum atomic E-state index is 13.0. The molecule has 0 radical (unpaired) electrons. The monoisotopic (exact) mass is 341 g/mol. The lowest BCUT2D eigenvalue weighted by Crippen LogP contribution is -2.23. The Morgan fingerprint density at radius 2 is 2.15 bits per heavy atom. The average Bonchev–Trinajstić information content (AvgIpc) is 2.83. The van der Waals surface area contributed by atoms with E-state index in [2.05, 4.69) is 45.3 Å².